The molecular formula is C14H15N3O3S. The van der Waals surface area contributed by atoms with Crippen molar-refractivity contribution >= 4 is 29.8 Å². The molecule has 0 N–H and O–H groups in total. The van der Waals surface area contributed by atoms with E-state index in [1.165, 1.54) is 16.4 Å². The molecule has 0 saturated carbocycles. The molecule has 0 aliphatic carbocycles. The number of thioether (sulfide) groups is 1. The van der Waals surface area contributed by atoms with Crippen molar-refractivity contribution in [2.24, 2.45) is 4.99 Å². The highest BCUT2D eigenvalue weighted by Crippen LogP contribution is 2.18. The summed E-state index contributed by atoms with van der Waals surface area (Å²) in [4.78, 5) is 15.9. The van der Waals surface area contributed by atoms with Crippen molar-refractivity contribution < 1.29 is 19.1 Å². The van der Waals surface area contributed by atoms with E-state index in [0.29, 0.717) is 6.29 Å². The Kier molecular flexibility index (Phi) is 5.10. The van der Waals surface area contributed by atoms with Crippen LogP contribution in [0.25, 0.3) is 0 Å². The largest absolute Gasteiger partial charge is 0.861 e. The summed E-state index contributed by atoms with van der Waals surface area (Å²) in [5.41, 5.74) is 0.170. The van der Waals surface area contributed by atoms with E-state index in [1.807, 2.05) is 44.2 Å². The lowest BCUT2D eigenvalue weighted by Gasteiger charge is -2.08. The van der Waals surface area contributed by atoms with Crippen LogP contribution in [0.1, 0.15) is 30.4 Å². The van der Waals surface area contributed by atoms with E-state index < -0.39 is 0 Å². The summed E-state index contributed by atoms with van der Waals surface area (Å²) in [5, 5.41) is 15.5. The minimum atomic E-state index is -0.376. The number of benzene rings is 1. The number of aldehydes is 1. The predicted octanol–water partition coefficient (Wildman–Crippen LogP) is 1.54. The summed E-state index contributed by atoms with van der Waals surface area (Å²) < 4.78 is 6.35. The Morgan fingerprint density at radius 3 is 2.81 bits per heavy atom. The maximum atomic E-state index is 11.8. The molecule has 0 amide bonds. The molecule has 0 fully saturated rings. The second-order valence-corrected chi connectivity index (χ2v) is 5.58. The molecule has 1 aromatic carbocycles. The van der Waals surface area contributed by atoms with Crippen molar-refractivity contribution in [2.45, 2.75) is 24.8 Å². The standard InChI is InChI=1S/C14H15N3O3S/c1-10(2)17-12(8-18)14(20-16-17)15-13(19)9-21-11-6-4-3-5-7-11/h3-8,10H,9H2,1-2H3. The fraction of sp³-hybridized carbons (Fsp3) is 0.286. The summed E-state index contributed by atoms with van der Waals surface area (Å²) in [5.74, 6) is -0.249. The predicted molar refractivity (Wildman–Crippen MR) is 76.7 cm³/mol. The summed E-state index contributed by atoms with van der Waals surface area (Å²) >= 11 is 1.37. The lowest BCUT2D eigenvalue weighted by molar-refractivity contribution is -0.780. The zero-order chi connectivity index (χ0) is 15.2. The third kappa shape index (κ3) is 3.91. The van der Waals surface area contributed by atoms with Crippen molar-refractivity contribution in [2.75, 3.05) is 5.75 Å². The fourth-order valence-corrected chi connectivity index (χ4v) is 2.34. The number of aromatic nitrogens is 2. The van der Waals surface area contributed by atoms with Crippen LogP contribution in [0.5, 0.6) is 0 Å². The molecule has 2 rings (SSSR count). The summed E-state index contributed by atoms with van der Waals surface area (Å²) in [6.45, 7) is 3.71. The monoisotopic (exact) mass is 305 g/mol. The van der Waals surface area contributed by atoms with Gasteiger partial charge in [-0.1, -0.05) is 18.2 Å². The van der Waals surface area contributed by atoms with Gasteiger partial charge in [-0.25, -0.2) is 4.99 Å². The molecule has 7 heteroatoms. The molecule has 0 atom stereocenters. The van der Waals surface area contributed by atoms with E-state index in [2.05, 4.69) is 10.3 Å². The van der Waals surface area contributed by atoms with Crippen LogP contribution in [0.15, 0.2) is 44.7 Å². The van der Waals surface area contributed by atoms with Gasteiger partial charge in [0.15, 0.2) is 6.04 Å². The molecule has 110 valence electrons. The van der Waals surface area contributed by atoms with Crippen LogP contribution in [-0.2, 0) is 0 Å². The van der Waals surface area contributed by atoms with E-state index in [-0.39, 0.29) is 29.3 Å². The molecule has 1 heterocycles. The highest BCUT2D eigenvalue weighted by atomic mass is 32.2. The third-order valence-electron chi connectivity index (χ3n) is 2.61. The highest BCUT2D eigenvalue weighted by Gasteiger charge is 2.26. The number of aliphatic imine (C=N–C) groups is 1. The van der Waals surface area contributed by atoms with E-state index in [0.717, 1.165) is 4.90 Å². The maximum Gasteiger partial charge on any atom is 0.339 e. The SMILES string of the molecule is CC(C)[n+]1noc(/N=C(\[O-])CSc2ccccc2)c1C=O. The molecule has 0 aliphatic rings. The average Bonchev–Trinajstić information content (AvgIpc) is 2.89. The Bertz CT molecular complexity index is 638. The molecule has 0 unspecified atom stereocenters. The van der Waals surface area contributed by atoms with E-state index >= 15 is 0 Å². The van der Waals surface area contributed by atoms with E-state index in [4.69, 9.17) is 4.52 Å². The van der Waals surface area contributed by atoms with Gasteiger partial charge in [-0.3, -0.25) is 9.32 Å². The van der Waals surface area contributed by atoms with Crippen LogP contribution >= 0.6 is 11.8 Å². The molecule has 6 nitrogen and oxygen atoms in total. The summed E-state index contributed by atoms with van der Waals surface area (Å²) in [6, 6.07) is 9.48. The number of rotatable bonds is 6. The van der Waals surface area contributed by atoms with Crippen molar-refractivity contribution in [3.05, 3.63) is 36.0 Å². The normalized spacial score (nSPS) is 11.9. The van der Waals surface area contributed by atoms with Crippen LogP contribution in [0.4, 0.5) is 5.88 Å². The van der Waals surface area contributed by atoms with Gasteiger partial charge in [0.05, 0.1) is 0 Å². The second-order valence-electron chi connectivity index (χ2n) is 4.53. The number of nitrogens with zero attached hydrogens (tertiary/aromatic N) is 3. The molecule has 0 radical (unpaired) electrons. The third-order valence-corrected chi connectivity index (χ3v) is 3.61. The van der Waals surface area contributed by atoms with Gasteiger partial charge < -0.3 is 5.11 Å². The van der Waals surface area contributed by atoms with Gasteiger partial charge in [0.1, 0.15) is 0 Å². The zero-order valence-electron chi connectivity index (χ0n) is 11.7. The summed E-state index contributed by atoms with van der Waals surface area (Å²) in [7, 11) is 0. The highest BCUT2D eigenvalue weighted by molar-refractivity contribution is 8.00. The molecule has 2 aromatic rings. The van der Waals surface area contributed by atoms with Crippen molar-refractivity contribution in [3.63, 3.8) is 0 Å². The van der Waals surface area contributed by atoms with Crippen LogP contribution < -0.4 is 9.79 Å². The number of carbonyl (C=O) groups is 1. The van der Waals surface area contributed by atoms with Gasteiger partial charge in [-0.05, 0) is 22.7 Å². The van der Waals surface area contributed by atoms with Crippen LogP contribution in [0.3, 0.4) is 0 Å². The van der Waals surface area contributed by atoms with E-state index in [1.54, 1.807) is 0 Å². The Morgan fingerprint density at radius 1 is 1.48 bits per heavy atom. The van der Waals surface area contributed by atoms with Gasteiger partial charge in [-0.2, -0.15) is 0 Å². The Labute approximate surface area is 126 Å². The smallest absolute Gasteiger partial charge is 0.339 e. The minimum Gasteiger partial charge on any atom is -0.861 e. The van der Waals surface area contributed by atoms with Gasteiger partial charge in [0.25, 0.3) is 0 Å². The van der Waals surface area contributed by atoms with Crippen LogP contribution in [-0.4, -0.2) is 23.2 Å². The van der Waals surface area contributed by atoms with Crippen LogP contribution in [0, 0.1) is 0 Å². The van der Waals surface area contributed by atoms with Crippen molar-refractivity contribution in [3.8, 4) is 0 Å². The second kappa shape index (κ2) is 7.03. The van der Waals surface area contributed by atoms with Crippen LogP contribution in [0.2, 0.25) is 0 Å². The van der Waals surface area contributed by atoms with E-state index in [9.17, 15) is 9.90 Å². The lowest BCUT2D eigenvalue weighted by Crippen LogP contribution is -2.41. The molecule has 0 aliphatic heterocycles. The molecule has 1 aromatic heterocycles. The summed E-state index contributed by atoms with van der Waals surface area (Å²) in [6.07, 6.45) is 0.590. The minimum absolute atomic E-state index is 0.0441. The topological polar surface area (TPSA) is 82.4 Å². The molecule has 21 heavy (non-hydrogen) atoms. The lowest BCUT2D eigenvalue weighted by atomic mass is 10.3. The van der Waals surface area contributed by atoms with Gasteiger partial charge >= 0.3 is 11.6 Å². The first kappa shape index (κ1) is 15.2. The number of hydrogen-bond donors (Lipinski definition) is 0. The Hall–Kier alpha value is -2.15. The molecule has 0 bridgehead atoms. The Morgan fingerprint density at radius 2 is 2.19 bits per heavy atom. The fourth-order valence-electron chi connectivity index (χ4n) is 1.63. The van der Waals surface area contributed by atoms with Gasteiger partial charge in [0, 0.05) is 24.5 Å². The van der Waals surface area contributed by atoms with Crippen molar-refractivity contribution in [1.29, 1.82) is 0 Å². The first-order chi connectivity index (χ1) is 10.1. The number of hydrogen-bond acceptors (Lipinski definition) is 6. The molecule has 0 spiro atoms. The zero-order valence-corrected chi connectivity index (χ0v) is 12.5. The first-order valence-corrected chi connectivity index (χ1v) is 7.39. The molecule has 0 saturated heterocycles. The number of carbonyl (C=O) groups excluding carboxylic acids is 1. The average molecular weight is 305 g/mol. The van der Waals surface area contributed by atoms with Gasteiger partial charge in [0.2, 0.25) is 11.6 Å². The molecular weight excluding hydrogens is 290 g/mol. The quantitative estimate of drug-likeness (QED) is 0.266. The Balaban J connectivity index is 2.10. The first-order valence-electron chi connectivity index (χ1n) is 6.41. The van der Waals surface area contributed by atoms with Crippen molar-refractivity contribution in [1.82, 2.24) is 5.27 Å². The maximum absolute atomic E-state index is 11.8. The van der Waals surface area contributed by atoms with Gasteiger partial charge in [-0.15, -0.1) is 11.8 Å².